The van der Waals surface area contributed by atoms with Gasteiger partial charge in [0.2, 0.25) is 6.10 Å². The number of benzene rings is 1. The second kappa shape index (κ2) is 5.37. The molecular weight excluding hydrogens is 292 g/mol. The first-order valence-corrected chi connectivity index (χ1v) is 6.98. The number of rotatable bonds is 3. The highest BCUT2D eigenvalue weighted by Crippen LogP contribution is 2.23. The number of imide groups is 1. The third-order valence-corrected chi connectivity index (χ3v) is 3.77. The van der Waals surface area contributed by atoms with Crippen molar-refractivity contribution in [2.45, 2.75) is 6.10 Å². The molecule has 2 aromatic rings. The zero-order valence-electron chi connectivity index (χ0n) is 10.7. The molecule has 0 bridgehead atoms. The van der Waals surface area contributed by atoms with Crippen molar-refractivity contribution in [1.82, 2.24) is 5.32 Å². The number of amides is 3. The summed E-state index contributed by atoms with van der Waals surface area (Å²) in [5.74, 6) is -0.682. The van der Waals surface area contributed by atoms with Crippen molar-refractivity contribution in [2.24, 2.45) is 0 Å². The van der Waals surface area contributed by atoms with Gasteiger partial charge >= 0.3 is 6.09 Å². The molecule has 1 aromatic carbocycles. The fraction of sp³-hybridized carbons (Fsp3) is 0.0714. The quantitative estimate of drug-likeness (QED) is 0.911. The third kappa shape index (κ3) is 2.77. The lowest BCUT2D eigenvalue weighted by atomic mass is 10.1. The molecule has 21 heavy (non-hydrogen) atoms. The van der Waals surface area contributed by atoms with Crippen LogP contribution in [0.4, 0.5) is 10.5 Å². The molecular formula is C14H10N2O4S. The number of thiophene rings is 1. The van der Waals surface area contributed by atoms with E-state index in [0.717, 1.165) is 0 Å². The molecule has 3 amide bonds. The van der Waals surface area contributed by atoms with Crippen molar-refractivity contribution >= 4 is 34.9 Å². The van der Waals surface area contributed by atoms with Crippen LogP contribution < -0.4 is 10.6 Å². The van der Waals surface area contributed by atoms with E-state index in [4.69, 9.17) is 4.74 Å². The maximum Gasteiger partial charge on any atom is 0.415 e. The molecule has 3 rings (SSSR count). The van der Waals surface area contributed by atoms with Gasteiger partial charge in [-0.3, -0.25) is 14.9 Å². The summed E-state index contributed by atoms with van der Waals surface area (Å²) < 4.78 is 4.85. The van der Waals surface area contributed by atoms with E-state index < -0.39 is 18.1 Å². The van der Waals surface area contributed by atoms with Crippen LogP contribution in [0.5, 0.6) is 0 Å². The van der Waals surface area contributed by atoms with Crippen molar-refractivity contribution in [3.05, 3.63) is 52.2 Å². The Kier molecular flexibility index (Phi) is 3.41. The number of hydrogen-bond acceptors (Lipinski definition) is 5. The molecule has 1 atom stereocenters. The number of hydrogen-bond donors (Lipinski definition) is 2. The highest BCUT2D eigenvalue weighted by Gasteiger charge is 2.33. The number of nitrogens with one attached hydrogen (secondary N) is 2. The lowest BCUT2D eigenvalue weighted by molar-refractivity contribution is -0.123. The predicted molar refractivity (Wildman–Crippen MR) is 76.1 cm³/mol. The van der Waals surface area contributed by atoms with Gasteiger partial charge in [-0.05, 0) is 23.6 Å². The minimum Gasteiger partial charge on any atom is -0.431 e. The van der Waals surface area contributed by atoms with Crippen molar-refractivity contribution < 1.29 is 19.1 Å². The minimum atomic E-state index is -0.931. The van der Waals surface area contributed by atoms with Gasteiger partial charge in [0, 0.05) is 11.3 Å². The first kappa shape index (κ1) is 13.3. The Hall–Kier alpha value is -2.67. The Balaban J connectivity index is 1.71. The van der Waals surface area contributed by atoms with E-state index in [-0.39, 0.29) is 5.91 Å². The SMILES string of the molecule is O=C1NC(=O)C(c2ccc(NC(=O)c3cccs3)cc2)O1. The molecule has 106 valence electrons. The van der Waals surface area contributed by atoms with Crippen LogP contribution in [0, 0.1) is 0 Å². The maximum absolute atomic E-state index is 11.9. The van der Waals surface area contributed by atoms with E-state index in [1.54, 1.807) is 36.4 Å². The first-order chi connectivity index (χ1) is 10.1. The molecule has 2 N–H and O–H groups in total. The Morgan fingerprint density at radius 2 is 1.95 bits per heavy atom. The average molecular weight is 302 g/mol. The van der Waals surface area contributed by atoms with Crippen LogP contribution in [0.25, 0.3) is 0 Å². The van der Waals surface area contributed by atoms with Gasteiger partial charge in [0.25, 0.3) is 11.8 Å². The lowest BCUT2D eigenvalue weighted by Crippen LogP contribution is -2.20. The van der Waals surface area contributed by atoms with E-state index in [1.807, 2.05) is 5.38 Å². The van der Waals surface area contributed by atoms with Crippen LogP contribution in [-0.2, 0) is 9.53 Å². The second-order valence-corrected chi connectivity index (χ2v) is 5.28. The van der Waals surface area contributed by atoms with Gasteiger partial charge in [0.1, 0.15) is 0 Å². The third-order valence-electron chi connectivity index (χ3n) is 2.90. The smallest absolute Gasteiger partial charge is 0.415 e. The van der Waals surface area contributed by atoms with Crippen LogP contribution in [0.1, 0.15) is 21.3 Å². The Morgan fingerprint density at radius 1 is 1.19 bits per heavy atom. The molecule has 0 aliphatic carbocycles. The van der Waals surface area contributed by atoms with Crippen molar-refractivity contribution in [3.63, 3.8) is 0 Å². The molecule has 7 heteroatoms. The molecule has 1 fully saturated rings. The highest BCUT2D eigenvalue weighted by molar-refractivity contribution is 7.12. The van der Waals surface area contributed by atoms with Crippen molar-refractivity contribution in [2.75, 3.05) is 5.32 Å². The molecule has 1 aliphatic heterocycles. The predicted octanol–water partition coefficient (Wildman–Crippen LogP) is 2.31. The van der Waals surface area contributed by atoms with Gasteiger partial charge in [0.15, 0.2) is 0 Å². The summed E-state index contributed by atoms with van der Waals surface area (Å²) >= 11 is 1.35. The molecule has 1 unspecified atom stereocenters. The molecule has 1 aliphatic rings. The average Bonchev–Trinajstić information content (AvgIpc) is 3.09. The molecule has 2 heterocycles. The second-order valence-electron chi connectivity index (χ2n) is 4.33. The fourth-order valence-electron chi connectivity index (χ4n) is 1.92. The Morgan fingerprint density at radius 3 is 2.52 bits per heavy atom. The van der Waals surface area contributed by atoms with Gasteiger partial charge in [-0.25, -0.2) is 4.79 Å². The topological polar surface area (TPSA) is 84.5 Å². The lowest BCUT2D eigenvalue weighted by Gasteiger charge is -2.08. The van der Waals surface area contributed by atoms with Crippen LogP contribution in [-0.4, -0.2) is 17.9 Å². The maximum atomic E-state index is 11.9. The van der Waals surface area contributed by atoms with Gasteiger partial charge in [-0.1, -0.05) is 18.2 Å². The van der Waals surface area contributed by atoms with Crippen molar-refractivity contribution in [3.8, 4) is 0 Å². The van der Waals surface area contributed by atoms with E-state index in [0.29, 0.717) is 16.1 Å². The number of cyclic esters (lactones) is 1. The number of anilines is 1. The van der Waals surface area contributed by atoms with Gasteiger partial charge in [-0.2, -0.15) is 0 Å². The monoisotopic (exact) mass is 302 g/mol. The van der Waals surface area contributed by atoms with E-state index in [2.05, 4.69) is 10.6 Å². The number of carbonyl (C=O) groups excluding carboxylic acids is 3. The fourth-order valence-corrected chi connectivity index (χ4v) is 2.54. The number of carbonyl (C=O) groups is 3. The molecule has 0 spiro atoms. The zero-order chi connectivity index (χ0) is 14.8. The summed E-state index contributed by atoms with van der Waals surface area (Å²) in [5, 5.41) is 6.63. The summed E-state index contributed by atoms with van der Waals surface area (Å²) in [6.45, 7) is 0. The number of ether oxygens (including phenoxy) is 1. The largest absolute Gasteiger partial charge is 0.431 e. The molecule has 1 saturated heterocycles. The molecule has 0 radical (unpaired) electrons. The normalized spacial score (nSPS) is 17.2. The number of alkyl carbamates (subject to hydrolysis) is 1. The highest BCUT2D eigenvalue weighted by atomic mass is 32.1. The van der Waals surface area contributed by atoms with E-state index in [9.17, 15) is 14.4 Å². The summed E-state index contributed by atoms with van der Waals surface area (Å²) in [5.41, 5.74) is 1.15. The van der Waals surface area contributed by atoms with Gasteiger partial charge < -0.3 is 10.1 Å². The van der Waals surface area contributed by atoms with Gasteiger partial charge in [0.05, 0.1) is 4.88 Å². The van der Waals surface area contributed by atoms with Crippen LogP contribution in [0.3, 0.4) is 0 Å². The van der Waals surface area contributed by atoms with Crippen molar-refractivity contribution in [1.29, 1.82) is 0 Å². The summed E-state index contributed by atoms with van der Waals surface area (Å²) in [4.78, 5) is 34.9. The molecule has 6 nitrogen and oxygen atoms in total. The van der Waals surface area contributed by atoms with Crippen LogP contribution in [0.15, 0.2) is 41.8 Å². The molecule has 1 aromatic heterocycles. The Labute approximate surface area is 123 Å². The van der Waals surface area contributed by atoms with Gasteiger partial charge in [-0.15, -0.1) is 11.3 Å². The van der Waals surface area contributed by atoms with Crippen LogP contribution >= 0.6 is 11.3 Å². The summed E-state index contributed by atoms with van der Waals surface area (Å²) in [6.07, 6.45) is -1.68. The van der Waals surface area contributed by atoms with E-state index >= 15 is 0 Å². The zero-order valence-corrected chi connectivity index (χ0v) is 11.5. The molecule has 0 saturated carbocycles. The summed E-state index contributed by atoms with van der Waals surface area (Å²) in [7, 11) is 0. The standard InChI is InChI=1S/C14H10N2O4S/c17-12(10-2-1-7-21-10)15-9-5-3-8(4-6-9)11-13(18)16-14(19)20-11/h1-7,11H,(H,15,17)(H,16,18,19). The Bertz CT molecular complexity index is 694. The first-order valence-electron chi connectivity index (χ1n) is 6.10. The minimum absolute atomic E-state index is 0.192. The van der Waals surface area contributed by atoms with Crippen LogP contribution in [0.2, 0.25) is 0 Å². The van der Waals surface area contributed by atoms with E-state index in [1.165, 1.54) is 11.3 Å². The summed E-state index contributed by atoms with van der Waals surface area (Å²) in [6, 6.07) is 10.1.